The molecule has 0 aliphatic carbocycles. The maximum atomic E-state index is 10.6. The van der Waals surface area contributed by atoms with Crippen LogP contribution in [0.3, 0.4) is 0 Å². The normalized spacial score (nSPS) is 10.4. The number of benzene rings is 2. The van der Waals surface area contributed by atoms with Gasteiger partial charge in [-0.05, 0) is 46.1 Å². The quantitative estimate of drug-likeness (QED) is 0.377. The zero-order valence-corrected chi connectivity index (χ0v) is 13.0. The average Bonchev–Trinajstić information content (AvgIpc) is 2.42. The van der Waals surface area contributed by atoms with Gasteiger partial charge in [0.1, 0.15) is 0 Å². The summed E-state index contributed by atoms with van der Waals surface area (Å²) in [6, 6.07) is 12.4. The molecule has 104 valence electrons. The first-order valence-corrected chi connectivity index (χ1v) is 7.75. The molecule has 6 heteroatoms. The number of nitrogens with two attached hydrogens (primary N) is 1. The van der Waals surface area contributed by atoms with Gasteiger partial charge >= 0.3 is 0 Å². The zero-order chi connectivity index (χ0) is 14.5. The van der Waals surface area contributed by atoms with E-state index >= 15 is 0 Å². The summed E-state index contributed by atoms with van der Waals surface area (Å²) in [5.74, 6) is 0.903. The SMILES string of the molecule is Nc1ccc(SCCc2ccc([N+](=O)[O-])cc2)c(Br)c1. The summed E-state index contributed by atoms with van der Waals surface area (Å²) in [6.45, 7) is 0. The highest BCUT2D eigenvalue weighted by Crippen LogP contribution is 2.29. The number of halogens is 1. The van der Waals surface area contributed by atoms with Crippen LogP contribution in [0.1, 0.15) is 5.56 Å². The van der Waals surface area contributed by atoms with Gasteiger partial charge in [0.05, 0.1) is 4.92 Å². The molecule has 2 N–H and O–H groups in total. The zero-order valence-electron chi connectivity index (χ0n) is 10.6. The molecule has 0 amide bonds. The lowest BCUT2D eigenvalue weighted by molar-refractivity contribution is -0.384. The Kier molecular flexibility index (Phi) is 5.03. The number of hydrogen-bond acceptors (Lipinski definition) is 4. The van der Waals surface area contributed by atoms with Crippen molar-refractivity contribution in [2.24, 2.45) is 0 Å². The van der Waals surface area contributed by atoms with Gasteiger partial charge in [-0.1, -0.05) is 12.1 Å². The molecule has 0 atom stereocenters. The molecule has 4 nitrogen and oxygen atoms in total. The number of non-ortho nitro benzene ring substituents is 1. The molecule has 2 aromatic rings. The Balaban J connectivity index is 1.91. The number of hydrogen-bond donors (Lipinski definition) is 1. The third kappa shape index (κ3) is 3.98. The van der Waals surface area contributed by atoms with Crippen LogP contribution < -0.4 is 5.73 Å². The van der Waals surface area contributed by atoms with Crippen LogP contribution >= 0.6 is 27.7 Å². The molecule has 0 heterocycles. The van der Waals surface area contributed by atoms with E-state index in [1.54, 1.807) is 36.0 Å². The summed E-state index contributed by atoms with van der Waals surface area (Å²) < 4.78 is 0.992. The summed E-state index contributed by atoms with van der Waals surface area (Å²) in [4.78, 5) is 11.3. The van der Waals surface area contributed by atoms with Gasteiger partial charge in [0.2, 0.25) is 0 Å². The standard InChI is InChI=1S/C14H13BrN2O2S/c15-13-9-11(16)3-6-14(13)20-8-7-10-1-4-12(5-2-10)17(18)19/h1-6,9H,7-8,16H2. The molecule has 0 saturated heterocycles. The van der Waals surface area contributed by atoms with Crippen molar-refractivity contribution in [2.75, 3.05) is 11.5 Å². The molecular weight excluding hydrogens is 340 g/mol. The smallest absolute Gasteiger partial charge is 0.269 e. The topological polar surface area (TPSA) is 69.2 Å². The minimum atomic E-state index is -0.385. The lowest BCUT2D eigenvalue weighted by atomic mass is 10.1. The van der Waals surface area contributed by atoms with Gasteiger partial charge in [-0.15, -0.1) is 11.8 Å². The summed E-state index contributed by atoms with van der Waals surface area (Å²) in [6.07, 6.45) is 0.861. The number of nitro groups is 1. The van der Waals surface area contributed by atoms with Crippen molar-refractivity contribution in [3.05, 3.63) is 62.6 Å². The fraction of sp³-hybridized carbons (Fsp3) is 0.143. The predicted octanol–water partition coefficient (Wildman–Crippen LogP) is 4.27. The van der Waals surface area contributed by atoms with E-state index in [1.165, 1.54) is 0 Å². The molecule has 0 aliphatic rings. The number of thioether (sulfide) groups is 1. The summed E-state index contributed by atoms with van der Waals surface area (Å²) in [5, 5.41) is 10.6. The molecule has 0 unspecified atom stereocenters. The van der Waals surface area contributed by atoms with Crippen LogP contribution in [-0.4, -0.2) is 10.7 Å². The highest BCUT2D eigenvalue weighted by atomic mass is 79.9. The Morgan fingerprint density at radius 3 is 2.50 bits per heavy atom. The summed E-state index contributed by atoms with van der Waals surface area (Å²) in [7, 11) is 0. The van der Waals surface area contributed by atoms with Gasteiger partial charge in [0.25, 0.3) is 5.69 Å². The Bertz CT molecular complexity index is 617. The van der Waals surface area contributed by atoms with E-state index in [2.05, 4.69) is 15.9 Å². The largest absolute Gasteiger partial charge is 0.399 e. The molecule has 0 bridgehead atoms. The maximum Gasteiger partial charge on any atom is 0.269 e. The first kappa shape index (κ1) is 14.9. The Morgan fingerprint density at radius 2 is 1.90 bits per heavy atom. The maximum absolute atomic E-state index is 10.6. The Morgan fingerprint density at radius 1 is 1.20 bits per heavy atom. The molecule has 2 rings (SSSR count). The van der Waals surface area contributed by atoms with Crippen LogP contribution in [-0.2, 0) is 6.42 Å². The van der Waals surface area contributed by atoms with Crippen LogP contribution in [0.4, 0.5) is 11.4 Å². The summed E-state index contributed by atoms with van der Waals surface area (Å²) >= 11 is 5.21. The lowest BCUT2D eigenvalue weighted by Crippen LogP contribution is -1.92. The second-order valence-electron chi connectivity index (χ2n) is 4.21. The monoisotopic (exact) mass is 352 g/mol. The van der Waals surface area contributed by atoms with E-state index in [4.69, 9.17) is 5.73 Å². The molecule has 20 heavy (non-hydrogen) atoms. The lowest BCUT2D eigenvalue weighted by Gasteiger charge is -2.05. The first-order chi connectivity index (χ1) is 9.56. The number of rotatable bonds is 5. The van der Waals surface area contributed by atoms with Gasteiger partial charge < -0.3 is 5.73 Å². The van der Waals surface area contributed by atoms with Crippen LogP contribution in [0.15, 0.2) is 51.8 Å². The average molecular weight is 353 g/mol. The van der Waals surface area contributed by atoms with Crippen LogP contribution in [0.5, 0.6) is 0 Å². The predicted molar refractivity (Wildman–Crippen MR) is 86.1 cm³/mol. The van der Waals surface area contributed by atoms with Crippen LogP contribution in [0, 0.1) is 10.1 Å². The van der Waals surface area contributed by atoms with E-state index in [0.717, 1.165) is 32.8 Å². The van der Waals surface area contributed by atoms with Crippen LogP contribution in [0.25, 0.3) is 0 Å². The molecular formula is C14H13BrN2O2S. The minimum absolute atomic E-state index is 0.127. The van der Waals surface area contributed by atoms with E-state index < -0.39 is 0 Å². The van der Waals surface area contributed by atoms with Crippen molar-refractivity contribution in [1.29, 1.82) is 0 Å². The number of nitrogens with zero attached hydrogens (tertiary/aromatic N) is 1. The molecule has 0 radical (unpaired) electrons. The fourth-order valence-corrected chi connectivity index (χ4v) is 3.36. The molecule has 0 fully saturated rings. The van der Waals surface area contributed by atoms with E-state index in [9.17, 15) is 10.1 Å². The molecule has 2 aromatic carbocycles. The number of nitro benzene ring substituents is 1. The Labute approximate surface area is 129 Å². The van der Waals surface area contributed by atoms with Crippen molar-refractivity contribution in [3.8, 4) is 0 Å². The Hall–Kier alpha value is -1.53. The third-order valence-corrected chi connectivity index (χ3v) is 4.75. The van der Waals surface area contributed by atoms with Crippen molar-refractivity contribution in [1.82, 2.24) is 0 Å². The van der Waals surface area contributed by atoms with Gasteiger partial charge in [0, 0.05) is 32.9 Å². The van der Waals surface area contributed by atoms with Crippen LogP contribution in [0.2, 0.25) is 0 Å². The van der Waals surface area contributed by atoms with Gasteiger partial charge in [0.15, 0.2) is 0 Å². The van der Waals surface area contributed by atoms with Crippen molar-refractivity contribution >= 4 is 39.1 Å². The highest BCUT2D eigenvalue weighted by molar-refractivity contribution is 9.10. The van der Waals surface area contributed by atoms with E-state index in [1.807, 2.05) is 18.2 Å². The molecule has 0 aromatic heterocycles. The molecule has 0 spiro atoms. The number of anilines is 1. The highest BCUT2D eigenvalue weighted by Gasteiger charge is 2.05. The second-order valence-corrected chi connectivity index (χ2v) is 6.20. The number of nitrogen functional groups attached to an aromatic ring is 1. The van der Waals surface area contributed by atoms with E-state index in [0.29, 0.717) is 0 Å². The van der Waals surface area contributed by atoms with Crippen molar-refractivity contribution in [2.45, 2.75) is 11.3 Å². The fourth-order valence-electron chi connectivity index (χ4n) is 1.70. The van der Waals surface area contributed by atoms with Gasteiger partial charge in [-0.2, -0.15) is 0 Å². The third-order valence-electron chi connectivity index (χ3n) is 2.75. The molecule has 0 saturated carbocycles. The minimum Gasteiger partial charge on any atom is -0.399 e. The van der Waals surface area contributed by atoms with Crippen molar-refractivity contribution < 1.29 is 4.92 Å². The van der Waals surface area contributed by atoms with Crippen molar-refractivity contribution in [3.63, 3.8) is 0 Å². The van der Waals surface area contributed by atoms with Gasteiger partial charge in [-0.25, -0.2) is 0 Å². The summed E-state index contributed by atoms with van der Waals surface area (Å²) in [5.41, 5.74) is 7.64. The second kappa shape index (κ2) is 6.76. The number of aryl methyl sites for hydroxylation is 1. The van der Waals surface area contributed by atoms with E-state index in [-0.39, 0.29) is 10.6 Å². The first-order valence-electron chi connectivity index (χ1n) is 5.97. The molecule has 0 aliphatic heterocycles. The van der Waals surface area contributed by atoms with Gasteiger partial charge in [-0.3, -0.25) is 10.1 Å².